The third kappa shape index (κ3) is 6.16. The lowest BCUT2D eigenvalue weighted by Crippen LogP contribution is -2.27. The molecule has 0 unspecified atom stereocenters. The number of hydrogen-bond acceptors (Lipinski definition) is 10. The van der Waals surface area contributed by atoms with Crippen LogP contribution in [0.3, 0.4) is 0 Å². The molecule has 192 valence electrons. The molecule has 2 aromatic carbocycles. The van der Waals surface area contributed by atoms with Crippen LogP contribution >= 0.6 is 0 Å². The molecule has 1 amide bonds. The van der Waals surface area contributed by atoms with Crippen molar-refractivity contribution >= 4 is 17.9 Å². The van der Waals surface area contributed by atoms with Gasteiger partial charge in [-0.3, -0.25) is 9.69 Å². The van der Waals surface area contributed by atoms with Gasteiger partial charge in [-0.2, -0.15) is 9.78 Å². The van der Waals surface area contributed by atoms with E-state index in [4.69, 9.17) is 10.5 Å². The van der Waals surface area contributed by atoms with E-state index in [-0.39, 0.29) is 17.3 Å². The number of nitrogens with one attached hydrogen (secondary N) is 1. The standard InChI is InChI=1S/C25H29N9O3/c1-4-33(5-2)15-21-22(28-32-34(21)24-23(26)30-37-31-24)25(35)29-27-14-18-10-12-20(13-11-18)36-16-19-9-7-6-8-17(19)3/h6-14H,4-5,15-16H2,1-3H3,(H2,26,30)(H,29,35)/b27-14-. The molecule has 0 bridgehead atoms. The summed E-state index contributed by atoms with van der Waals surface area (Å²) in [5.41, 5.74) is 12.0. The second-order valence-electron chi connectivity index (χ2n) is 8.21. The molecule has 0 aliphatic carbocycles. The lowest BCUT2D eigenvalue weighted by Gasteiger charge is -2.18. The van der Waals surface area contributed by atoms with Crippen LogP contribution in [0.4, 0.5) is 5.82 Å². The van der Waals surface area contributed by atoms with Gasteiger partial charge in [-0.25, -0.2) is 10.1 Å². The second kappa shape index (κ2) is 11.9. The number of carbonyl (C=O) groups is 1. The molecule has 0 saturated carbocycles. The number of benzene rings is 2. The molecule has 2 heterocycles. The SMILES string of the molecule is CCN(CC)Cc1c(C(=O)N/N=C\c2ccc(OCc3ccccc3C)cc2)nnn1-c1nonc1N. The lowest BCUT2D eigenvalue weighted by molar-refractivity contribution is 0.0948. The first-order valence-electron chi connectivity index (χ1n) is 11.9. The van der Waals surface area contributed by atoms with Crippen molar-refractivity contribution in [3.05, 3.63) is 76.6 Å². The van der Waals surface area contributed by atoms with Gasteiger partial charge in [0.05, 0.1) is 11.9 Å². The zero-order valence-corrected chi connectivity index (χ0v) is 21.0. The van der Waals surface area contributed by atoms with Crippen molar-refractivity contribution in [3.63, 3.8) is 0 Å². The zero-order chi connectivity index (χ0) is 26.2. The van der Waals surface area contributed by atoms with Gasteiger partial charge in [0.15, 0.2) is 5.69 Å². The minimum atomic E-state index is -0.516. The van der Waals surface area contributed by atoms with Crippen molar-refractivity contribution in [1.82, 2.24) is 35.6 Å². The van der Waals surface area contributed by atoms with Crippen LogP contribution in [-0.2, 0) is 13.2 Å². The summed E-state index contributed by atoms with van der Waals surface area (Å²) in [6, 6.07) is 15.5. The Bertz CT molecular complexity index is 1360. The van der Waals surface area contributed by atoms with Gasteiger partial charge in [0, 0.05) is 6.54 Å². The van der Waals surface area contributed by atoms with Gasteiger partial charge in [0.2, 0.25) is 11.6 Å². The fourth-order valence-electron chi connectivity index (χ4n) is 3.59. The summed E-state index contributed by atoms with van der Waals surface area (Å²) >= 11 is 0. The predicted octanol–water partition coefficient (Wildman–Crippen LogP) is 2.73. The number of aryl methyl sites for hydroxylation is 1. The molecule has 37 heavy (non-hydrogen) atoms. The average molecular weight is 504 g/mol. The Morgan fingerprint density at radius 2 is 1.92 bits per heavy atom. The largest absolute Gasteiger partial charge is 0.489 e. The first kappa shape index (κ1) is 25.5. The molecule has 0 aliphatic rings. The van der Waals surface area contributed by atoms with E-state index in [2.05, 4.69) is 53.7 Å². The molecular formula is C25H29N9O3. The van der Waals surface area contributed by atoms with E-state index in [0.717, 1.165) is 30.0 Å². The summed E-state index contributed by atoms with van der Waals surface area (Å²) < 4.78 is 11.9. The van der Waals surface area contributed by atoms with Crippen LogP contribution in [0.5, 0.6) is 5.75 Å². The number of nitrogen functional groups attached to an aromatic ring is 1. The number of ether oxygens (including phenoxy) is 1. The molecule has 0 fully saturated rings. The molecule has 0 aliphatic heterocycles. The predicted molar refractivity (Wildman–Crippen MR) is 137 cm³/mol. The first-order chi connectivity index (χ1) is 18.0. The fourth-order valence-corrected chi connectivity index (χ4v) is 3.59. The van der Waals surface area contributed by atoms with Gasteiger partial charge in [-0.05, 0) is 71.3 Å². The van der Waals surface area contributed by atoms with Crippen LogP contribution < -0.4 is 15.9 Å². The molecule has 0 spiro atoms. The lowest BCUT2D eigenvalue weighted by atomic mass is 10.1. The Morgan fingerprint density at radius 3 is 2.59 bits per heavy atom. The average Bonchev–Trinajstić information content (AvgIpc) is 3.52. The molecule has 0 saturated heterocycles. The number of hydrazone groups is 1. The molecule has 0 atom stereocenters. The summed E-state index contributed by atoms with van der Waals surface area (Å²) in [4.78, 5) is 15.0. The van der Waals surface area contributed by atoms with Crippen molar-refractivity contribution in [3.8, 4) is 11.6 Å². The van der Waals surface area contributed by atoms with E-state index in [9.17, 15) is 4.79 Å². The second-order valence-corrected chi connectivity index (χ2v) is 8.21. The fraction of sp³-hybridized carbons (Fsp3) is 0.280. The quantitative estimate of drug-likeness (QED) is 0.233. The molecule has 3 N–H and O–H groups in total. The van der Waals surface area contributed by atoms with Crippen LogP contribution in [0.1, 0.15) is 46.7 Å². The van der Waals surface area contributed by atoms with Crippen LogP contribution in [0, 0.1) is 6.92 Å². The number of nitrogens with two attached hydrogens (primary N) is 1. The van der Waals surface area contributed by atoms with Crippen molar-refractivity contribution in [2.75, 3.05) is 18.8 Å². The van der Waals surface area contributed by atoms with Crippen molar-refractivity contribution in [1.29, 1.82) is 0 Å². The van der Waals surface area contributed by atoms with E-state index in [1.165, 1.54) is 16.5 Å². The minimum absolute atomic E-state index is 0.0435. The van der Waals surface area contributed by atoms with Crippen LogP contribution in [0.15, 0.2) is 58.3 Å². The topological polar surface area (TPSA) is 150 Å². The Labute approximate surface area is 214 Å². The molecule has 0 radical (unpaired) electrons. The van der Waals surface area contributed by atoms with Crippen molar-refractivity contribution < 1.29 is 14.2 Å². The Kier molecular flexibility index (Phi) is 8.21. The molecule has 4 rings (SSSR count). The number of rotatable bonds is 11. The maximum absolute atomic E-state index is 12.9. The minimum Gasteiger partial charge on any atom is -0.489 e. The molecule has 12 heteroatoms. The van der Waals surface area contributed by atoms with E-state index in [1.54, 1.807) is 0 Å². The highest BCUT2D eigenvalue weighted by Gasteiger charge is 2.24. The third-order valence-corrected chi connectivity index (χ3v) is 5.86. The van der Waals surface area contributed by atoms with Crippen molar-refractivity contribution in [2.45, 2.75) is 33.9 Å². The number of amides is 1. The van der Waals surface area contributed by atoms with Gasteiger partial charge >= 0.3 is 0 Å². The number of nitrogens with zero attached hydrogens (tertiary/aromatic N) is 7. The maximum Gasteiger partial charge on any atom is 0.293 e. The highest BCUT2D eigenvalue weighted by Crippen LogP contribution is 2.18. The van der Waals surface area contributed by atoms with Gasteiger partial charge in [0.25, 0.3) is 5.91 Å². The smallest absolute Gasteiger partial charge is 0.293 e. The van der Waals surface area contributed by atoms with Crippen LogP contribution in [-0.4, -0.2) is 55.4 Å². The van der Waals surface area contributed by atoms with E-state index in [1.807, 2.05) is 56.3 Å². The van der Waals surface area contributed by atoms with E-state index < -0.39 is 5.91 Å². The highest BCUT2D eigenvalue weighted by atomic mass is 16.6. The summed E-state index contributed by atoms with van der Waals surface area (Å²) in [7, 11) is 0. The summed E-state index contributed by atoms with van der Waals surface area (Å²) in [6.45, 7) is 8.50. The Hall–Kier alpha value is -4.58. The number of anilines is 1. The number of hydrogen-bond donors (Lipinski definition) is 2. The van der Waals surface area contributed by atoms with Crippen LogP contribution in [0.25, 0.3) is 5.82 Å². The van der Waals surface area contributed by atoms with E-state index >= 15 is 0 Å². The molecule has 2 aromatic heterocycles. The maximum atomic E-state index is 12.9. The van der Waals surface area contributed by atoms with E-state index in [0.29, 0.717) is 18.8 Å². The van der Waals surface area contributed by atoms with Crippen molar-refractivity contribution in [2.24, 2.45) is 5.10 Å². The van der Waals surface area contributed by atoms with Crippen LogP contribution in [0.2, 0.25) is 0 Å². The summed E-state index contributed by atoms with van der Waals surface area (Å²) in [5.74, 6) is 0.436. The zero-order valence-electron chi connectivity index (χ0n) is 21.0. The monoisotopic (exact) mass is 503 g/mol. The summed E-state index contributed by atoms with van der Waals surface area (Å²) in [6.07, 6.45) is 1.54. The number of carbonyl (C=O) groups excluding carboxylic acids is 1. The highest BCUT2D eigenvalue weighted by molar-refractivity contribution is 5.94. The third-order valence-electron chi connectivity index (χ3n) is 5.86. The van der Waals surface area contributed by atoms with Gasteiger partial charge in [0.1, 0.15) is 12.4 Å². The molecule has 12 nitrogen and oxygen atoms in total. The van der Waals surface area contributed by atoms with Gasteiger partial charge in [-0.1, -0.05) is 43.3 Å². The molecule has 4 aromatic rings. The first-order valence-corrected chi connectivity index (χ1v) is 11.9. The summed E-state index contributed by atoms with van der Waals surface area (Å²) in [5, 5.41) is 19.5. The molecular weight excluding hydrogens is 474 g/mol. The Balaban J connectivity index is 1.42. The normalized spacial score (nSPS) is 11.4. The van der Waals surface area contributed by atoms with Gasteiger partial charge < -0.3 is 10.5 Å². The number of aromatic nitrogens is 5. The van der Waals surface area contributed by atoms with Gasteiger partial charge in [-0.15, -0.1) is 5.10 Å². The Morgan fingerprint density at radius 1 is 1.16 bits per heavy atom.